The highest BCUT2D eigenvalue weighted by molar-refractivity contribution is 9.10. The highest BCUT2D eigenvalue weighted by Gasteiger charge is 2.36. The van der Waals surface area contributed by atoms with E-state index in [1.165, 1.54) is 18.2 Å². The summed E-state index contributed by atoms with van der Waals surface area (Å²) in [5, 5.41) is 0. The quantitative estimate of drug-likeness (QED) is 0.336. The fourth-order valence-corrected chi connectivity index (χ4v) is 5.43. The van der Waals surface area contributed by atoms with Crippen LogP contribution in [0.25, 0.3) is 0 Å². The van der Waals surface area contributed by atoms with Crippen LogP contribution in [0.2, 0.25) is 0 Å². The Balaban J connectivity index is 0.000000186. The molecule has 0 bridgehead atoms. The second-order valence-corrected chi connectivity index (χ2v) is 9.90. The standard InChI is InChI=1S/C13H14BrF3.C13H15F3/c14-10-6-7-11(9-4-2-1-3-5-9)12(8-10)13(15,16)17;14-13(15,16)12-9-5-4-8-11(12)10-6-2-1-3-7-10/h6-9H,1-5H2;4-5,8-10H,1-3,6-7H2. The van der Waals surface area contributed by atoms with Gasteiger partial charge in [-0.15, -0.1) is 0 Å². The third kappa shape index (κ3) is 7.24. The van der Waals surface area contributed by atoms with Crippen molar-refractivity contribution < 1.29 is 26.3 Å². The SMILES string of the molecule is FC(F)(F)c1cc(Br)ccc1C1CCCCC1.FC(F)(F)c1ccccc1C1CCCCC1. The molecule has 2 aromatic rings. The maximum atomic E-state index is 13.0. The highest BCUT2D eigenvalue weighted by atomic mass is 79.9. The maximum Gasteiger partial charge on any atom is 0.416 e. The smallest absolute Gasteiger partial charge is 0.166 e. The maximum absolute atomic E-state index is 13.0. The monoisotopic (exact) mass is 534 g/mol. The molecule has 0 saturated heterocycles. The average Bonchev–Trinajstić information content (AvgIpc) is 2.79. The number of halogens is 7. The number of hydrogen-bond acceptors (Lipinski definition) is 0. The Bertz CT molecular complexity index is 890. The fraction of sp³-hybridized carbons (Fsp3) is 0.538. The second kappa shape index (κ2) is 11.3. The first-order chi connectivity index (χ1) is 15.6. The molecule has 2 aromatic carbocycles. The van der Waals surface area contributed by atoms with E-state index in [0.717, 1.165) is 64.2 Å². The molecule has 0 heterocycles. The van der Waals surface area contributed by atoms with Gasteiger partial charge < -0.3 is 0 Å². The number of alkyl halides is 6. The average molecular weight is 535 g/mol. The van der Waals surface area contributed by atoms with Gasteiger partial charge in [0.25, 0.3) is 0 Å². The lowest BCUT2D eigenvalue weighted by molar-refractivity contribution is -0.139. The van der Waals surface area contributed by atoms with Crippen LogP contribution in [-0.4, -0.2) is 0 Å². The molecule has 2 fully saturated rings. The molecule has 0 radical (unpaired) electrons. The summed E-state index contributed by atoms with van der Waals surface area (Å²) in [6.07, 6.45) is 1.57. The molecule has 33 heavy (non-hydrogen) atoms. The van der Waals surface area contributed by atoms with Crippen molar-refractivity contribution in [3.05, 3.63) is 69.2 Å². The minimum Gasteiger partial charge on any atom is -0.166 e. The second-order valence-electron chi connectivity index (χ2n) is 8.98. The summed E-state index contributed by atoms with van der Waals surface area (Å²) in [5.41, 5.74) is 0.0516. The molecule has 182 valence electrons. The summed E-state index contributed by atoms with van der Waals surface area (Å²) >= 11 is 3.11. The number of benzene rings is 2. The van der Waals surface area contributed by atoms with Gasteiger partial charge in [-0.3, -0.25) is 0 Å². The van der Waals surface area contributed by atoms with Crippen LogP contribution in [0.5, 0.6) is 0 Å². The van der Waals surface area contributed by atoms with Crippen molar-refractivity contribution in [1.82, 2.24) is 0 Å². The molecule has 2 aliphatic rings. The Morgan fingerprint density at radius 2 is 1.03 bits per heavy atom. The molecule has 0 N–H and O–H groups in total. The first-order valence-electron chi connectivity index (χ1n) is 11.6. The van der Waals surface area contributed by atoms with Gasteiger partial charge in [0.15, 0.2) is 0 Å². The number of rotatable bonds is 2. The molecule has 7 heteroatoms. The molecule has 0 amide bonds. The molecule has 0 unspecified atom stereocenters. The van der Waals surface area contributed by atoms with E-state index in [4.69, 9.17) is 0 Å². The molecule has 2 aliphatic carbocycles. The molecule has 2 saturated carbocycles. The zero-order chi connectivity index (χ0) is 24.1. The topological polar surface area (TPSA) is 0 Å². The Kier molecular flexibility index (Phi) is 8.93. The minimum absolute atomic E-state index is 0.0773. The van der Waals surface area contributed by atoms with Crippen LogP contribution < -0.4 is 0 Å². The van der Waals surface area contributed by atoms with Gasteiger partial charge in [-0.25, -0.2) is 0 Å². The van der Waals surface area contributed by atoms with Crippen molar-refractivity contribution in [2.24, 2.45) is 0 Å². The van der Waals surface area contributed by atoms with Crippen molar-refractivity contribution in [2.75, 3.05) is 0 Å². The van der Waals surface area contributed by atoms with Gasteiger partial charge in [-0.05, 0) is 66.8 Å². The van der Waals surface area contributed by atoms with Crippen molar-refractivity contribution in [2.45, 2.75) is 88.4 Å². The summed E-state index contributed by atoms with van der Waals surface area (Å²) in [4.78, 5) is 0. The first-order valence-corrected chi connectivity index (χ1v) is 12.4. The van der Waals surface area contributed by atoms with E-state index < -0.39 is 23.5 Å². The third-order valence-electron chi connectivity index (χ3n) is 6.68. The Labute approximate surface area is 199 Å². The van der Waals surface area contributed by atoms with Crippen molar-refractivity contribution in [1.29, 1.82) is 0 Å². The fourth-order valence-electron chi connectivity index (χ4n) is 5.07. The largest absolute Gasteiger partial charge is 0.416 e. The zero-order valence-corrected chi connectivity index (χ0v) is 20.0. The molecule has 0 nitrogen and oxygen atoms in total. The Morgan fingerprint density at radius 1 is 0.576 bits per heavy atom. The molecule has 0 aliphatic heterocycles. The van der Waals surface area contributed by atoms with E-state index >= 15 is 0 Å². The van der Waals surface area contributed by atoms with Crippen LogP contribution in [0.15, 0.2) is 46.9 Å². The minimum atomic E-state index is -4.25. The van der Waals surface area contributed by atoms with Crippen LogP contribution in [0, 0.1) is 0 Å². The highest BCUT2D eigenvalue weighted by Crippen LogP contribution is 2.42. The molecular weight excluding hydrogens is 506 g/mol. The molecular formula is C26H29BrF6. The van der Waals surface area contributed by atoms with Crippen molar-refractivity contribution in [3.63, 3.8) is 0 Å². The van der Waals surface area contributed by atoms with E-state index in [1.54, 1.807) is 24.3 Å². The summed E-state index contributed by atoms with van der Waals surface area (Å²) in [6, 6.07) is 10.5. The van der Waals surface area contributed by atoms with Gasteiger partial charge in [-0.1, -0.05) is 78.7 Å². The summed E-state index contributed by atoms with van der Waals surface area (Å²) in [5.74, 6) is 0.181. The van der Waals surface area contributed by atoms with Crippen LogP contribution in [-0.2, 0) is 12.4 Å². The van der Waals surface area contributed by atoms with E-state index in [0.29, 0.717) is 15.6 Å². The van der Waals surface area contributed by atoms with E-state index in [2.05, 4.69) is 15.9 Å². The van der Waals surface area contributed by atoms with Crippen molar-refractivity contribution in [3.8, 4) is 0 Å². The summed E-state index contributed by atoms with van der Waals surface area (Å²) in [7, 11) is 0. The Morgan fingerprint density at radius 3 is 1.52 bits per heavy atom. The molecule has 0 atom stereocenters. The third-order valence-corrected chi connectivity index (χ3v) is 7.17. The van der Waals surface area contributed by atoms with Crippen molar-refractivity contribution >= 4 is 15.9 Å². The first kappa shape index (κ1) is 26.1. The van der Waals surface area contributed by atoms with Gasteiger partial charge in [0.05, 0.1) is 11.1 Å². The van der Waals surface area contributed by atoms with Gasteiger partial charge in [-0.2, -0.15) is 26.3 Å². The lowest BCUT2D eigenvalue weighted by atomic mass is 9.82. The van der Waals surface area contributed by atoms with Crippen LogP contribution >= 0.6 is 15.9 Å². The van der Waals surface area contributed by atoms with Crippen LogP contribution in [0.3, 0.4) is 0 Å². The molecule has 4 rings (SSSR count). The van der Waals surface area contributed by atoms with Gasteiger partial charge in [0.1, 0.15) is 0 Å². The Hall–Kier alpha value is -1.50. The van der Waals surface area contributed by atoms with Crippen LogP contribution in [0.4, 0.5) is 26.3 Å². The predicted molar refractivity (Wildman–Crippen MR) is 122 cm³/mol. The number of hydrogen-bond donors (Lipinski definition) is 0. The zero-order valence-electron chi connectivity index (χ0n) is 18.4. The lowest BCUT2D eigenvalue weighted by Gasteiger charge is -2.25. The summed E-state index contributed by atoms with van der Waals surface area (Å²) < 4.78 is 77.8. The van der Waals surface area contributed by atoms with Gasteiger partial charge in [0.2, 0.25) is 0 Å². The van der Waals surface area contributed by atoms with E-state index in [1.807, 2.05) is 0 Å². The lowest BCUT2D eigenvalue weighted by Crippen LogP contribution is -2.14. The predicted octanol–water partition coefficient (Wildman–Crippen LogP) is 10.3. The van der Waals surface area contributed by atoms with Gasteiger partial charge in [0, 0.05) is 4.47 Å². The normalized spacial score (nSPS) is 18.5. The van der Waals surface area contributed by atoms with Gasteiger partial charge >= 0.3 is 12.4 Å². The van der Waals surface area contributed by atoms with E-state index in [9.17, 15) is 26.3 Å². The van der Waals surface area contributed by atoms with Crippen LogP contribution in [0.1, 0.15) is 98.3 Å². The summed E-state index contributed by atoms with van der Waals surface area (Å²) in [6.45, 7) is 0. The molecule has 0 aromatic heterocycles. The van der Waals surface area contributed by atoms with E-state index in [-0.39, 0.29) is 11.8 Å². The molecule has 0 spiro atoms.